The van der Waals surface area contributed by atoms with E-state index in [0.29, 0.717) is 36.3 Å². The second kappa shape index (κ2) is 10.2. The van der Waals surface area contributed by atoms with Crippen molar-refractivity contribution in [3.63, 3.8) is 0 Å². The lowest BCUT2D eigenvalue weighted by atomic mass is 10.0. The highest BCUT2D eigenvalue weighted by molar-refractivity contribution is 7.92. The number of anilines is 1. The van der Waals surface area contributed by atoms with E-state index < -0.39 is 10.0 Å². The third-order valence-electron chi connectivity index (χ3n) is 5.69. The fourth-order valence-corrected chi connectivity index (χ4v) is 5.02. The Hall–Kier alpha value is -2.87. The van der Waals surface area contributed by atoms with Gasteiger partial charge in [0.15, 0.2) is 0 Å². The molecule has 1 saturated heterocycles. The molecule has 7 nitrogen and oxygen atoms in total. The van der Waals surface area contributed by atoms with E-state index in [1.165, 1.54) is 12.1 Å². The molecule has 1 heterocycles. The number of amides is 2. The molecule has 0 aromatic heterocycles. The quantitative estimate of drug-likeness (QED) is 0.664. The number of aryl methyl sites for hydroxylation is 2. The van der Waals surface area contributed by atoms with Crippen LogP contribution in [-0.2, 0) is 14.8 Å². The molecule has 0 aliphatic carbocycles. The number of nitrogens with one attached hydrogen (secondary N) is 2. The van der Waals surface area contributed by atoms with Crippen molar-refractivity contribution in [3.8, 4) is 0 Å². The first-order chi connectivity index (χ1) is 15.2. The molecule has 2 amide bonds. The Balaban J connectivity index is 1.79. The van der Waals surface area contributed by atoms with E-state index in [1.54, 1.807) is 30.0 Å². The van der Waals surface area contributed by atoms with Gasteiger partial charge in [0, 0.05) is 31.1 Å². The van der Waals surface area contributed by atoms with Crippen LogP contribution in [0.15, 0.2) is 47.4 Å². The standard InChI is InChI=1S/C24H31N3O4S/c1-4-8-23(28)25-19-10-7-14-27(16-19)24(29)21-15-20(13-12-17(21)2)32(30,31)26-22-11-6-5-9-18(22)3/h5-6,9,11-13,15,19,26H,4,7-8,10,14,16H2,1-3H3,(H,25,28). The van der Waals surface area contributed by atoms with E-state index in [9.17, 15) is 18.0 Å². The second-order valence-electron chi connectivity index (χ2n) is 8.30. The highest BCUT2D eigenvalue weighted by Crippen LogP contribution is 2.23. The molecule has 0 radical (unpaired) electrons. The number of rotatable bonds is 7. The molecular formula is C24H31N3O4S. The van der Waals surface area contributed by atoms with E-state index in [1.807, 2.05) is 26.0 Å². The van der Waals surface area contributed by atoms with Crippen molar-refractivity contribution in [2.24, 2.45) is 0 Å². The van der Waals surface area contributed by atoms with Gasteiger partial charge in [0.1, 0.15) is 0 Å². The van der Waals surface area contributed by atoms with Gasteiger partial charge < -0.3 is 10.2 Å². The topological polar surface area (TPSA) is 95.6 Å². The number of piperidine rings is 1. The number of carbonyl (C=O) groups excluding carboxylic acids is 2. The summed E-state index contributed by atoms with van der Waals surface area (Å²) in [5.41, 5.74) is 2.38. The van der Waals surface area contributed by atoms with Gasteiger partial charge in [-0.25, -0.2) is 8.42 Å². The predicted octanol–water partition coefficient (Wildman–Crippen LogP) is 3.63. The molecule has 0 spiro atoms. The Bertz CT molecular complexity index is 1100. The largest absolute Gasteiger partial charge is 0.352 e. The van der Waals surface area contributed by atoms with Gasteiger partial charge in [-0.1, -0.05) is 31.2 Å². The number of sulfonamides is 1. The Morgan fingerprint density at radius 2 is 1.84 bits per heavy atom. The molecule has 8 heteroatoms. The maximum Gasteiger partial charge on any atom is 0.261 e. The SMILES string of the molecule is CCCC(=O)NC1CCCN(C(=O)c2cc(S(=O)(=O)Nc3ccccc3C)ccc2C)C1. The molecular weight excluding hydrogens is 426 g/mol. The molecule has 2 aromatic carbocycles. The smallest absolute Gasteiger partial charge is 0.261 e. The Kier molecular flexibility index (Phi) is 7.56. The first-order valence-electron chi connectivity index (χ1n) is 11.0. The second-order valence-corrected chi connectivity index (χ2v) is 9.99. The molecule has 1 aliphatic heterocycles. The van der Waals surface area contributed by atoms with Crippen LogP contribution in [0.5, 0.6) is 0 Å². The zero-order valence-corrected chi connectivity index (χ0v) is 19.7. The minimum absolute atomic E-state index is 0.00153. The van der Waals surface area contributed by atoms with Crippen LogP contribution in [0.2, 0.25) is 0 Å². The minimum atomic E-state index is -3.85. The van der Waals surface area contributed by atoms with Crippen LogP contribution < -0.4 is 10.0 Å². The fraction of sp³-hybridized carbons (Fsp3) is 0.417. The summed E-state index contributed by atoms with van der Waals surface area (Å²) in [6.07, 6.45) is 2.86. The third-order valence-corrected chi connectivity index (χ3v) is 7.05. The Labute approximate surface area is 190 Å². The lowest BCUT2D eigenvalue weighted by Gasteiger charge is -2.33. The molecule has 1 atom stereocenters. The van der Waals surface area contributed by atoms with E-state index in [2.05, 4.69) is 10.0 Å². The van der Waals surface area contributed by atoms with Crippen LogP contribution in [0.1, 0.15) is 54.1 Å². The zero-order chi connectivity index (χ0) is 23.3. The third kappa shape index (κ3) is 5.68. The molecule has 32 heavy (non-hydrogen) atoms. The number of likely N-dealkylation sites (tertiary alicyclic amines) is 1. The molecule has 3 rings (SSSR count). The highest BCUT2D eigenvalue weighted by atomic mass is 32.2. The fourth-order valence-electron chi connectivity index (χ4n) is 3.87. The molecule has 2 N–H and O–H groups in total. The first-order valence-corrected chi connectivity index (χ1v) is 12.5. The molecule has 0 saturated carbocycles. The number of para-hydroxylation sites is 1. The van der Waals surface area contributed by atoms with Crippen molar-refractivity contribution < 1.29 is 18.0 Å². The van der Waals surface area contributed by atoms with E-state index in [4.69, 9.17) is 0 Å². The maximum absolute atomic E-state index is 13.3. The summed E-state index contributed by atoms with van der Waals surface area (Å²) in [4.78, 5) is 27.0. The normalized spacial score (nSPS) is 16.5. The molecule has 1 unspecified atom stereocenters. The average Bonchev–Trinajstić information content (AvgIpc) is 2.75. The van der Waals surface area contributed by atoms with Crippen molar-refractivity contribution >= 4 is 27.5 Å². The Morgan fingerprint density at radius 3 is 2.56 bits per heavy atom. The van der Waals surface area contributed by atoms with Crippen LogP contribution >= 0.6 is 0 Å². The van der Waals surface area contributed by atoms with Gasteiger partial charge in [-0.3, -0.25) is 14.3 Å². The van der Waals surface area contributed by atoms with Crippen molar-refractivity contribution in [1.82, 2.24) is 10.2 Å². The first kappa shape index (κ1) is 23.8. The van der Waals surface area contributed by atoms with Gasteiger partial charge in [0.25, 0.3) is 15.9 Å². The summed E-state index contributed by atoms with van der Waals surface area (Å²) in [6.45, 7) is 6.58. The average molecular weight is 458 g/mol. The number of hydrogen-bond donors (Lipinski definition) is 2. The van der Waals surface area contributed by atoms with Gasteiger partial charge in [0.2, 0.25) is 5.91 Å². The van der Waals surface area contributed by atoms with Crippen molar-refractivity contribution in [3.05, 3.63) is 59.2 Å². The van der Waals surface area contributed by atoms with Crippen molar-refractivity contribution in [1.29, 1.82) is 0 Å². The predicted molar refractivity (Wildman–Crippen MR) is 125 cm³/mol. The molecule has 1 aliphatic rings. The summed E-state index contributed by atoms with van der Waals surface area (Å²) in [5, 5.41) is 3.00. The van der Waals surface area contributed by atoms with E-state index >= 15 is 0 Å². The van der Waals surface area contributed by atoms with Crippen molar-refractivity contribution in [2.45, 2.75) is 57.4 Å². The van der Waals surface area contributed by atoms with Crippen LogP contribution in [-0.4, -0.2) is 44.3 Å². The molecule has 1 fully saturated rings. The van der Waals surface area contributed by atoms with Gasteiger partial charge in [-0.2, -0.15) is 0 Å². The van der Waals surface area contributed by atoms with Gasteiger partial charge >= 0.3 is 0 Å². The lowest BCUT2D eigenvalue weighted by Crippen LogP contribution is -2.49. The van der Waals surface area contributed by atoms with Crippen LogP contribution in [0.25, 0.3) is 0 Å². The van der Waals surface area contributed by atoms with Crippen LogP contribution in [0.4, 0.5) is 5.69 Å². The summed E-state index contributed by atoms with van der Waals surface area (Å²) < 4.78 is 28.5. The van der Waals surface area contributed by atoms with E-state index in [-0.39, 0.29) is 22.8 Å². The van der Waals surface area contributed by atoms with Gasteiger partial charge in [0.05, 0.1) is 10.6 Å². The number of benzene rings is 2. The Morgan fingerprint density at radius 1 is 1.09 bits per heavy atom. The number of hydrogen-bond acceptors (Lipinski definition) is 4. The van der Waals surface area contributed by atoms with Gasteiger partial charge in [-0.05, 0) is 62.4 Å². The summed E-state index contributed by atoms with van der Waals surface area (Å²) >= 11 is 0. The van der Waals surface area contributed by atoms with E-state index in [0.717, 1.165) is 24.8 Å². The zero-order valence-electron chi connectivity index (χ0n) is 18.8. The summed E-state index contributed by atoms with van der Waals surface area (Å²) in [7, 11) is -3.85. The van der Waals surface area contributed by atoms with Crippen LogP contribution in [0, 0.1) is 13.8 Å². The molecule has 2 aromatic rings. The summed E-state index contributed by atoms with van der Waals surface area (Å²) in [6, 6.07) is 11.7. The van der Waals surface area contributed by atoms with Gasteiger partial charge in [-0.15, -0.1) is 0 Å². The maximum atomic E-state index is 13.3. The number of nitrogens with zero attached hydrogens (tertiary/aromatic N) is 1. The molecule has 0 bridgehead atoms. The van der Waals surface area contributed by atoms with Crippen molar-refractivity contribution in [2.75, 3.05) is 17.8 Å². The summed E-state index contributed by atoms with van der Waals surface area (Å²) in [5.74, 6) is -0.219. The lowest BCUT2D eigenvalue weighted by molar-refractivity contribution is -0.122. The molecule has 172 valence electrons. The number of carbonyl (C=O) groups is 2. The highest BCUT2D eigenvalue weighted by Gasteiger charge is 2.27. The monoisotopic (exact) mass is 457 g/mol. The van der Waals surface area contributed by atoms with Crippen LogP contribution in [0.3, 0.4) is 0 Å². The minimum Gasteiger partial charge on any atom is -0.352 e.